The van der Waals surface area contributed by atoms with Crippen molar-refractivity contribution >= 4 is 0 Å². The van der Waals surface area contributed by atoms with E-state index in [9.17, 15) is 0 Å². The Morgan fingerprint density at radius 1 is 1.10 bits per heavy atom. The smallest absolute Gasteiger partial charge is 0.0721 e. The van der Waals surface area contributed by atoms with Crippen molar-refractivity contribution in [2.45, 2.75) is 25.8 Å². The van der Waals surface area contributed by atoms with Gasteiger partial charge in [-0.25, -0.2) is 0 Å². The number of ether oxygens (including phenoxy) is 1. The van der Waals surface area contributed by atoms with Crippen LogP contribution in [-0.2, 0) is 24.5 Å². The normalized spacial score (nSPS) is 17.8. The molecule has 1 atom stereocenters. The molecule has 0 fully saturated rings. The summed E-state index contributed by atoms with van der Waals surface area (Å²) >= 11 is 0. The first kappa shape index (κ1) is 13.3. The second-order valence-corrected chi connectivity index (χ2v) is 5.13. The number of hydrogen-bond donors (Lipinski definition) is 2. The van der Waals surface area contributed by atoms with Crippen LogP contribution in [0.25, 0.3) is 0 Å². The molecule has 3 heteroatoms. The maximum Gasteiger partial charge on any atom is 0.0721 e. The van der Waals surface area contributed by atoms with Crippen molar-refractivity contribution in [1.29, 1.82) is 0 Å². The van der Waals surface area contributed by atoms with Crippen LogP contribution < -0.4 is 5.32 Å². The third kappa shape index (κ3) is 2.90. The standard InChI is InChI=1S/C17H19NO2/c19-10-14-5-3-4-13(8-14)9-18-17-12-20-11-15-6-1-2-7-16(15)17/h1-8,17-19H,9-12H2. The van der Waals surface area contributed by atoms with Crippen LogP contribution in [0.3, 0.4) is 0 Å². The molecule has 104 valence electrons. The van der Waals surface area contributed by atoms with Crippen LogP contribution in [0.2, 0.25) is 0 Å². The van der Waals surface area contributed by atoms with Gasteiger partial charge >= 0.3 is 0 Å². The van der Waals surface area contributed by atoms with Gasteiger partial charge in [0.1, 0.15) is 0 Å². The molecular formula is C17H19NO2. The van der Waals surface area contributed by atoms with Crippen LogP contribution >= 0.6 is 0 Å². The highest BCUT2D eigenvalue weighted by atomic mass is 16.5. The molecule has 0 bridgehead atoms. The van der Waals surface area contributed by atoms with Gasteiger partial charge in [0, 0.05) is 6.54 Å². The molecule has 0 aliphatic carbocycles. The molecule has 2 aromatic carbocycles. The summed E-state index contributed by atoms with van der Waals surface area (Å²) < 4.78 is 5.64. The molecule has 0 saturated heterocycles. The largest absolute Gasteiger partial charge is 0.392 e. The van der Waals surface area contributed by atoms with Gasteiger partial charge in [0.2, 0.25) is 0 Å². The highest BCUT2D eigenvalue weighted by molar-refractivity contribution is 5.31. The summed E-state index contributed by atoms with van der Waals surface area (Å²) in [6.07, 6.45) is 0. The number of aliphatic hydroxyl groups is 1. The van der Waals surface area contributed by atoms with Crippen molar-refractivity contribution in [3.63, 3.8) is 0 Å². The van der Waals surface area contributed by atoms with Gasteiger partial charge in [-0.1, -0.05) is 48.5 Å². The van der Waals surface area contributed by atoms with E-state index < -0.39 is 0 Å². The molecule has 2 aromatic rings. The van der Waals surface area contributed by atoms with Crippen molar-refractivity contribution < 1.29 is 9.84 Å². The molecule has 2 N–H and O–H groups in total. The lowest BCUT2D eigenvalue weighted by Gasteiger charge is -2.26. The Morgan fingerprint density at radius 2 is 1.95 bits per heavy atom. The van der Waals surface area contributed by atoms with Crippen LogP contribution in [0.15, 0.2) is 48.5 Å². The summed E-state index contributed by atoms with van der Waals surface area (Å²) in [6.45, 7) is 2.27. The molecule has 3 rings (SSSR count). The van der Waals surface area contributed by atoms with E-state index >= 15 is 0 Å². The molecule has 20 heavy (non-hydrogen) atoms. The zero-order chi connectivity index (χ0) is 13.8. The molecule has 1 aliphatic rings. The molecule has 1 unspecified atom stereocenters. The first-order valence-electron chi connectivity index (χ1n) is 6.94. The quantitative estimate of drug-likeness (QED) is 0.896. The fourth-order valence-corrected chi connectivity index (χ4v) is 2.63. The van der Waals surface area contributed by atoms with Crippen molar-refractivity contribution in [2.24, 2.45) is 0 Å². The molecule has 3 nitrogen and oxygen atoms in total. The lowest BCUT2D eigenvalue weighted by molar-refractivity contribution is 0.0817. The third-order valence-corrected chi connectivity index (χ3v) is 3.70. The van der Waals surface area contributed by atoms with Crippen LogP contribution in [0.5, 0.6) is 0 Å². The van der Waals surface area contributed by atoms with Gasteiger partial charge in [0.25, 0.3) is 0 Å². The van der Waals surface area contributed by atoms with E-state index in [1.807, 2.05) is 18.2 Å². The topological polar surface area (TPSA) is 41.5 Å². The summed E-state index contributed by atoms with van der Waals surface area (Å²) in [5.74, 6) is 0. The molecule has 0 amide bonds. The van der Waals surface area contributed by atoms with E-state index in [-0.39, 0.29) is 12.6 Å². The highest BCUT2D eigenvalue weighted by Crippen LogP contribution is 2.24. The SMILES string of the molecule is OCc1cccc(CNC2COCc3ccccc32)c1. The zero-order valence-corrected chi connectivity index (χ0v) is 11.4. The Hall–Kier alpha value is -1.68. The lowest BCUT2D eigenvalue weighted by Crippen LogP contribution is -2.29. The molecule has 0 radical (unpaired) electrons. The molecular weight excluding hydrogens is 250 g/mol. The average molecular weight is 269 g/mol. The minimum atomic E-state index is 0.0865. The van der Waals surface area contributed by atoms with Crippen molar-refractivity contribution in [1.82, 2.24) is 5.32 Å². The van der Waals surface area contributed by atoms with Gasteiger partial charge in [-0.3, -0.25) is 0 Å². The van der Waals surface area contributed by atoms with Gasteiger partial charge in [-0.05, 0) is 22.3 Å². The number of hydrogen-bond acceptors (Lipinski definition) is 3. The fraction of sp³-hybridized carbons (Fsp3) is 0.294. The second kappa shape index (κ2) is 6.18. The Morgan fingerprint density at radius 3 is 2.85 bits per heavy atom. The fourth-order valence-electron chi connectivity index (χ4n) is 2.63. The van der Waals surface area contributed by atoms with Crippen molar-refractivity contribution in [2.75, 3.05) is 6.61 Å². The lowest BCUT2D eigenvalue weighted by atomic mass is 9.99. The number of fused-ring (bicyclic) bond motifs is 1. The van der Waals surface area contributed by atoms with E-state index in [0.29, 0.717) is 13.2 Å². The van der Waals surface area contributed by atoms with Gasteiger partial charge in [-0.15, -0.1) is 0 Å². The first-order chi connectivity index (χ1) is 9.86. The average Bonchev–Trinajstić information content (AvgIpc) is 2.53. The Kier molecular flexibility index (Phi) is 4.11. The van der Waals surface area contributed by atoms with E-state index in [4.69, 9.17) is 9.84 Å². The predicted octanol–water partition coefficient (Wildman–Crippen LogP) is 2.54. The second-order valence-electron chi connectivity index (χ2n) is 5.13. The van der Waals surface area contributed by atoms with E-state index in [1.165, 1.54) is 16.7 Å². The van der Waals surface area contributed by atoms with Gasteiger partial charge < -0.3 is 15.2 Å². The van der Waals surface area contributed by atoms with E-state index in [0.717, 1.165) is 12.1 Å². The van der Waals surface area contributed by atoms with E-state index in [1.54, 1.807) is 0 Å². The summed E-state index contributed by atoms with van der Waals surface area (Å²) in [5, 5.41) is 12.7. The number of aliphatic hydroxyl groups excluding tert-OH is 1. The third-order valence-electron chi connectivity index (χ3n) is 3.70. The van der Waals surface area contributed by atoms with Crippen LogP contribution in [0.1, 0.15) is 28.3 Å². The molecule has 1 heterocycles. The number of benzene rings is 2. The number of nitrogens with one attached hydrogen (secondary N) is 1. The Balaban J connectivity index is 1.70. The minimum absolute atomic E-state index is 0.0865. The zero-order valence-electron chi connectivity index (χ0n) is 11.4. The van der Waals surface area contributed by atoms with Crippen LogP contribution in [0.4, 0.5) is 0 Å². The van der Waals surface area contributed by atoms with Gasteiger partial charge in [-0.2, -0.15) is 0 Å². The molecule has 0 saturated carbocycles. The van der Waals surface area contributed by atoms with Gasteiger partial charge in [0.05, 0.1) is 25.9 Å². The monoisotopic (exact) mass is 269 g/mol. The summed E-state index contributed by atoms with van der Waals surface area (Å²) in [6, 6.07) is 16.7. The van der Waals surface area contributed by atoms with Crippen LogP contribution in [-0.4, -0.2) is 11.7 Å². The van der Waals surface area contributed by atoms with Crippen molar-refractivity contribution in [3.8, 4) is 0 Å². The molecule has 1 aliphatic heterocycles. The van der Waals surface area contributed by atoms with Gasteiger partial charge in [0.15, 0.2) is 0 Å². The van der Waals surface area contributed by atoms with Crippen molar-refractivity contribution in [3.05, 3.63) is 70.8 Å². The molecule has 0 spiro atoms. The Labute approximate surface area is 119 Å². The molecule has 0 aromatic heterocycles. The van der Waals surface area contributed by atoms with E-state index in [2.05, 4.69) is 35.6 Å². The first-order valence-corrected chi connectivity index (χ1v) is 6.94. The predicted molar refractivity (Wildman–Crippen MR) is 78.0 cm³/mol. The number of rotatable bonds is 4. The maximum absolute atomic E-state index is 9.17. The Bertz CT molecular complexity index is 583. The highest BCUT2D eigenvalue weighted by Gasteiger charge is 2.19. The minimum Gasteiger partial charge on any atom is -0.392 e. The summed E-state index contributed by atoms with van der Waals surface area (Å²) in [5.41, 5.74) is 4.72. The van der Waals surface area contributed by atoms with Crippen LogP contribution in [0, 0.1) is 0 Å². The summed E-state index contributed by atoms with van der Waals surface area (Å²) in [4.78, 5) is 0. The summed E-state index contributed by atoms with van der Waals surface area (Å²) in [7, 11) is 0. The maximum atomic E-state index is 9.17.